The average molecular weight is 282 g/mol. The number of carbonyl (C=O) groups is 2. The van der Waals surface area contributed by atoms with E-state index in [1.54, 1.807) is 0 Å². The van der Waals surface area contributed by atoms with Crippen LogP contribution in [0, 0.1) is 5.41 Å². The second kappa shape index (κ2) is 5.21. The summed E-state index contributed by atoms with van der Waals surface area (Å²) in [7, 11) is 0. The highest BCUT2D eigenvalue weighted by Gasteiger charge is 2.35. The van der Waals surface area contributed by atoms with Crippen LogP contribution in [-0.4, -0.2) is 35.4 Å². The summed E-state index contributed by atoms with van der Waals surface area (Å²) in [4.78, 5) is 24.0. The van der Waals surface area contributed by atoms with Gasteiger partial charge in [-0.25, -0.2) is 4.79 Å². The first-order chi connectivity index (χ1) is 8.89. The Bertz CT molecular complexity index is 491. The van der Waals surface area contributed by atoms with Crippen LogP contribution in [-0.2, 0) is 9.53 Å². The van der Waals surface area contributed by atoms with Crippen molar-refractivity contribution in [1.29, 1.82) is 0 Å². The van der Waals surface area contributed by atoms with Crippen molar-refractivity contribution in [3.05, 3.63) is 36.0 Å². The summed E-state index contributed by atoms with van der Waals surface area (Å²) in [5.74, 6) is 0. The molecular formula is C14H16ClNO3. The molecule has 0 aromatic rings. The van der Waals surface area contributed by atoms with Crippen molar-refractivity contribution in [2.75, 3.05) is 13.2 Å². The molecule has 1 heterocycles. The van der Waals surface area contributed by atoms with Gasteiger partial charge in [-0.3, -0.25) is 9.69 Å². The van der Waals surface area contributed by atoms with E-state index in [2.05, 4.69) is 26.0 Å². The summed E-state index contributed by atoms with van der Waals surface area (Å²) in [6.45, 7) is 4.29. The first kappa shape index (κ1) is 13.9. The molecule has 1 aliphatic heterocycles. The number of nitrogens with zero attached hydrogens (tertiary/aromatic N) is 1. The predicted molar refractivity (Wildman–Crippen MR) is 72.8 cm³/mol. The summed E-state index contributed by atoms with van der Waals surface area (Å²) in [6.07, 6.45) is 9.50. The molecule has 0 N–H and O–H groups in total. The zero-order chi connectivity index (χ0) is 14.0. The van der Waals surface area contributed by atoms with Crippen LogP contribution in [0.5, 0.6) is 0 Å². The van der Waals surface area contributed by atoms with E-state index in [9.17, 15) is 9.59 Å². The molecular weight excluding hydrogens is 266 g/mol. The van der Waals surface area contributed by atoms with Gasteiger partial charge < -0.3 is 4.74 Å². The van der Waals surface area contributed by atoms with Crippen LogP contribution in [0.3, 0.4) is 0 Å². The van der Waals surface area contributed by atoms with Crippen molar-refractivity contribution in [3.8, 4) is 0 Å². The lowest BCUT2D eigenvalue weighted by Crippen LogP contribution is -2.37. The van der Waals surface area contributed by atoms with E-state index in [1.807, 2.05) is 18.2 Å². The van der Waals surface area contributed by atoms with Crippen LogP contribution < -0.4 is 0 Å². The number of carbonyl (C=O) groups excluding carboxylic acids is 2. The van der Waals surface area contributed by atoms with E-state index >= 15 is 0 Å². The molecule has 0 aromatic heterocycles. The lowest BCUT2D eigenvalue weighted by molar-refractivity contribution is -0.112. The molecule has 0 bridgehead atoms. The van der Waals surface area contributed by atoms with Gasteiger partial charge in [0.15, 0.2) is 0 Å². The number of cyclic esters (lactones) is 1. The van der Waals surface area contributed by atoms with Crippen molar-refractivity contribution >= 4 is 22.9 Å². The van der Waals surface area contributed by atoms with Gasteiger partial charge in [-0.15, -0.1) is 0 Å². The maximum atomic E-state index is 11.6. The third-order valence-electron chi connectivity index (χ3n) is 3.17. The fourth-order valence-corrected chi connectivity index (χ4v) is 2.22. The molecule has 2 rings (SSSR count). The highest BCUT2D eigenvalue weighted by Crippen LogP contribution is 2.27. The van der Waals surface area contributed by atoms with Crippen LogP contribution in [0.15, 0.2) is 36.0 Å². The van der Waals surface area contributed by atoms with Gasteiger partial charge in [0.1, 0.15) is 6.61 Å². The van der Waals surface area contributed by atoms with Crippen molar-refractivity contribution < 1.29 is 14.3 Å². The van der Waals surface area contributed by atoms with E-state index in [0.717, 1.165) is 5.57 Å². The Hall–Kier alpha value is -1.55. The Balaban J connectivity index is 2.21. The maximum Gasteiger partial charge on any atom is 0.410 e. The molecule has 102 valence electrons. The highest BCUT2D eigenvalue weighted by molar-refractivity contribution is 6.64. The molecule has 0 spiro atoms. The molecule has 0 aromatic carbocycles. The Labute approximate surface area is 117 Å². The number of hydrogen-bond donors (Lipinski definition) is 0. The molecule has 1 unspecified atom stereocenters. The normalized spacial score (nSPS) is 25.0. The first-order valence-corrected chi connectivity index (χ1v) is 6.47. The van der Waals surface area contributed by atoms with Gasteiger partial charge in [0.25, 0.3) is 0 Å². The predicted octanol–water partition coefficient (Wildman–Crippen LogP) is 2.65. The van der Waals surface area contributed by atoms with Crippen LogP contribution in [0.1, 0.15) is 13.8 Å². The molecule has 4 nitrogen and oxygen atoms in total. The average Bonchev–Trinajstić information content (AvgIpc) is 2.55. The summed E-state index contributed by atoms with van der Waals surface area (Å²) >= 11 is 5.37. The molecule has 0 radical (unpaired) electrons. The van der Waals surface area contributed by atoms with Gasteiger partial charge in [-0.05, 0) is 17.2 Å². The van der Waals surface area contributed by atoms with Gasteiger partial charge in [0.05, 0.1) is 12.6 Å². The van der Waals surface area contributed by atoms with E-state index in [0.29, 0.717) is 0 Å². The van der Waals surface area contributed by atoms with Crippen LogP contribution >= 0.6 is 11.6 Å². The topological polar surface area (TPSA) is 46.6 Å². The van der Waals surface area contributed by atoms with Crippen LogP contribution in [0.25, 0.3) is 0 Å². The monoisotopic (exact) mass is 281 g/mol. The van der Waals surface area contributed by atoms with Crippen molar-refractivity contribution in [1.82, 2.24) is 4.90 Å². The Morgan fingerprint density at radius 2 is 2.26 bits per heavy atom. The molecule has 19 heavy (non-hydrogen) atoms. The van der Waals surface area contributed by atoms with Gasteiger partial charge in [0, 0.05) is 5.41 Å². The summed E-state index contributed by atoms with van der Waals surface area (Å²) < 4.78 is 5.00. The summed E-state index contributed by atoms with van der Waals surface area (Å²) in [5.41, 5.74) is 0.903. The number of ether oxygens (including phenoxy) is 1. The number of amides is 1. The van der Waals surface area contributed by atoms with Crippen molar-refractivity contribution in [2.24, 2.45) is 5.41 Å². The molecule has 1 aliphatic carbocycles. The third-order valence-corrected chi connectivity index (χ3v) is 3.29. The SMILES string of the molecule is CC1(C)C=CC=C(C2COC(=O)N2CC(=O)Cl)C=C1. The molecule has 1 saturated heterocycles. The zero-order valence-electron chi connectivity index (χ0n) is 10.9. The van der Waals surface area contributed by atoms with Crippen LogP contribution in [0.2, 0.25) is 0 Å². The number of halogens is 1. The van der Waals surface area contributed by atoms with E-state index < -0.39 is 11.3 Å². The van der Waals surface area contributed by atoms with E-state index in [1.165, 1.54) is 4.90 Å². The quantitative estimate of drug-likeness (QED) is 0.747. The van der Waals surface area contributed by atoms with Gasteiger partial charge in [-0.1, -0.05) is 44.2 Å². The highest BCUT2D eigenvalue weighted by atomic mass is 35.5. The Morgan fingerprint density at radius 1 is 1.53 bits per heavy atom. The minimum absolute atomic E-state index is 0.0329. The third kappa shape index (κ3) is 3.26. The molecule has 5 heteroatoms. The van der Waals surface area contributed by atoms with Crippen molar-refractivity contribution in [2.45, 2.75) is 19.9 Å². The summed E-state index contributed by atoms with van der Waals surface area (Å²) in [5, 5.41) is -0.571. The van der Waals surface area contributed by atoms with Gasteiger partial charge >= 0.3 is 6.09 Å². The molecule has 1 amide bonds. The summed E-state index contributed by atoms with van der Waals surface area (Å²) in [6, 6.07) is -0.259. The first-order valence-electron chi connectivity index (χ1n) is 6.09. The maximum absolute atomic E-state index is 11.6. The number of allylic oxidation sites excluding steroid dienone is 4. The van der Waals surface area contributed by atoms with Crippen molar-refractivity contribution in [3.63, 3.8) is 0 Å². The molecule has 1 atom stereocenters. The fourth-order valence-electron chi connectivity index (χ4n) is 2.09. The second-order valence-corrected chi connectivity index (χ2v) is 5.68. The minimum Gasteiger partial charge on any atom is -0.447 e. The Kier molecular flexibility index (Phi) is 3.80. The number of rotatable bonds is 3. The molecule has 2 aliphatic rings. The zero-order valence-corrected chi connectivity index (χ0v) is 11.7. The minimum atomic E-state index is -0.571. The smallest absolute Gasteiger partial charge is 0.410 e. The molecule has 1 fully saturated rings. The standard InChI is InChI=1S/C14H16ClNO3/c1-14(2)6-3-4-10(5-7-14)11-9-19-13(18)16(11)8-12(15)17/h3-7,11H,8-9H2,1-2H3. The fraction of sp³-hybridized carbons (Fsp3) is 0.429. The van der Waals surface area contributed by atoms with E-state index in [4.69, 9.17) is 16.3 Å². The van der Waals surface area contributed by atoms with Gasteiger partial charge in [-0.2, -0.15) is 0 Å². The van der Waals surface area contributed by atoms with E-state index in [-0.39, 0.29) is 24.6 Å². The van der Waals surface area contributed by atoms with Gasteiger partial charge in [0.2, 0.25) is 5.24 Å². The number of hydrogen-bond acceptors (Lipinski definition) is 3. The van der Waals surface area contributed by atoms with Crippen LogP contribution in [0.4, 0.5) is 4.79 Å². The second-order valence-electron chi connectivity index (χ2n) is 5.26. The lowest BCUT2D eigenvalue weighted by atomic mass is 9.93. The molecule has 0 saturated carbocycles. The lowest BCUT2D eigenvalue weighted by Gasteiger charge is -2.20. The Morgan fingerprint density at radius 3 is 2.95 bits per heavy atom. The largest absolute Gasteiger partial charge is 0.447 e.